The first kappa shape index (κ1) is 15.0. The molecule has 1 saturated carbocycles. The predicted molar refractivity (Wildman–Crippen MR) is 79.6 cm³/mol. The van der Waals surface area contributed by atoms with Crippen molar-refractivity contribution in [1.29, 1.82) is 5.26 Å². The molecule has 107 valence electrons. The molecular formula is C18H23FN. The molecule has 0 aliphatic heterocycles. The van der Waals surface area contributed by atoms with Gasteiger partial charge in [-0.25, -0.2) is 4.39 Å². The van der Waals surface area contributed by atoms with Crippen LogP contribution in [0.2, 0.25) is 0 Å². The zero-order chi connectivity index (χ0) is 14.4. The molecule has 0 amide bonds. The molecule has 1 aromatic carbocycles. The van der Waals surface area contributed by atoms with Crippen LogP contribution >= 0.6 is 0 Å². The lowest BCUT2D eigenvalue weighted by atomic mass is 9.77. The Morgan fingerprint density at radius 3 is 2.60 bits per heavy atom. The fraction of sp³-hybridized carbons (Fsp3) is 0.556. The molecular weight excluding hydrogens is 249 g/mol. The van der Waals surface area contributed by atoms with Crippen LogP contribution in [-0.2, 0) is 0 Å². The number of nitriles is 1. The summed E-state index contributed by atoms with van der Waals surface area (Å²) in [5, 5.41) is 8.76. The Hall–Kier alpha value is -1.36. The van der Waals surface area contributed by atoms with E-state index >= 15 is 0 Å². The zero-order valence-corrected chi connectivity index (χ0v) is 12.3. The molecule has 20 heavy (non-hydrogen) atoms. The van der Waals surface area contributed by atoms with Gasteiger partial charge >= 0.3 is 0 Å². The van der Waals surface area contributed by atoms with Crippen LogP contribution in [0.4, 0.5) is 4.39 Å². The first-order valence-electron chi connectivity index (χ1n) is 7.79. The highest BCUT2D eigenvalue weighted by Crippen LogP contribution is 2.37. The van der Waals surface area contributed by atoms with Gasteiger partial charge in [-0.15, -0.1) is 0 Å². The second-order valence-corrected chi connectivity index (χ2v) is 5.85. The SMILES string of the molecule is CCCCCC1CC[C](c2ccc(C#N)c(F)c2)CC1. The van der Waals surface area contributed by atoms with Crippen LogP contribution in [0, 0.1) is 29.0 Å². The van der Waals surface area contributed by atoms with E-state index in [4.69, 9.17) is 5.26 Å². The van der Waals surface area contributed by atoms with Gasteiger partial charge in [0.05, 0.1) is 5.56 Å². The molecule has 0 spiro atoms. The van der Waals surface area contributed by atoms with Gasteiger partial charge in [0.2, 0.25) is 0 Å². The maximum absolute atomic E-state index is 13.7. The Kier molecular flexibility index (Phi) is 5.59. The van der Waals surface area contributed by atoms with Crippen molar-refractivity contribution in [2.75, 3.05) is 0 Å². The highest BCUT2D eigenvalue weighted by Gasteiger charge is 2.23. The maximum Gasteiger partial charge on any atom is 0.141 e. The van der Waals surface area contributed by atoms with Crippen molar-refractivity contribution in [1.82, 2.24) is 0 Å². The number of halogens is 1. The van der Waals surface area contributed by atoms with Crippen molar-refractivity contribution in [3.05, 3.63) is 41.1 Å². The molecule has 2 rings (SSSR count). The summed E-state index contributed by atoms with van der Waals surface area (Å²) in [6, 6.07) is 6.91. The van der Waals surface area contributed by atoms with E-state index in [0.29, 0.717) is 0 Å². The van der Waals surface area contributed by atoms with E-state index in [9.17, 15) is 4.39 Å². The first-order chi connectivity index (χ1) is 9.74. The molecule has 1 nitrogen and oxygen atoms in total. The van der Waals surface area contributed by atoms with Crippen molar-refractivity contribution < 1.29 is 4.39 Å². The minimum Gasteiger partial charge on any atom is -0.206 e. The molecule has 0 aromatic heterocycles. The summed E-state index contributed by atoms with van der Waals surface area (Å²) in [7, 11) is 0. The van der Waals surface area contributed by atoms with Gasteiger partial charge in [-0.05, 0) is 49.3 Å². The minimum atomic E-state index is -0.387. The van der Waals surface area contributed by atoms with Crippen LogP contribution in [-0.4, -0.2) is 0 Å². The second kappa shape index (κ2) is 7.43. The van der Waals surface area contributed by atoms with Crippen molar-refractivity contribution in [2.24, 2.45) is 5.92 Å². The van der Waals surface area contributed by atoms with Crippen molar-refractivity contribution >= 4 is 0 Å². The molecule has 0 unspecified atom stereocenters. The zero-order valence-electron chi connectivity index (χ0n) is 12.3. The van der Waals surface area contributed by atoms with Crippen molar-refractivity contribution in [3.8, 4) is 6.07 Å². The lowest BCUT2D eigenvalue weighted by molar-refractivity contribution is 0.351. The molecule has 0 heterocycles. The van der Waals surface area contributed by atoms with E-state index in [-0.39, 0.29) is 11.4 Å². The third kappa shape index (κ3) is 3.82. The van der Waals surface area contributed by atoms with E-state index in [2.05, 4.69) is 6.92 Å². The summed E-state index contributed by atoms with van der Waals surface area (Å²) < 4.78 is 13.7. The van der Waals surface area contributed by atoms with Crippen molar-refractivity contribution in [2.45, 2.75) is 58.3 Å². The molecule has 1 aromatic rings. The quantitative estimate of drug-likeness (QED) is 0.659. The number of unbranched alkanes of at least 4 members (excludes halogenated alkanes) is 2. The molecule has 1 radical (unpaired) electrons. The number of rotatable bonds is 5. The summed E-state index contributed by atoms with van der Waals surface area (Å²) in [4.78, 5) is 0. The molecule has 1 aliphatic carbocycles. The van der Waals surface area contributed by atoms with E-state index in [1.54, 1.807) is 6.07 Å². The van der Waals surface area contributed by atoms with Crippen LogP contribution in [0.5, 0.6) is 0 Å². The van der Waals surface area contributed by atoms with E-state index in [0.717, 1.165) is 24.3 Å². The Labute approximate surface area is 121 Å². The average molecular weight is 272 g/mol. The lowest BCUT2D eigenvalue weighted by Gasteiger charge is -2.28. The van der Waals surface area contributed by atoms with Gasteiger partial charge in [-0.3, -0.25) is 0 Å². The lowest BCUT2D eigenvalue weighted by Crippen LogP contribution is -2.14. The van der Waals surface area contributed by atoms with E-state index in [1.165, 1.54) is 50.5 Å². The van der Waals surface area contributed by atoms with Gasteiger partial charge in [0, 0.05) is 5.92 Å². The Bertz CT molecular complexity index is 467. The average Bonchev–Trinajstić information content (AvgIpc) is 2.48. The van der Waals surface area contributed by atoms with Gasteiger partial charge in [0.1, 0.15) is 11.9 Å². The summed E-state index contributed by atoms with van der Waals surface area (Å²) in [5.74, 6) is 1.83. The number of hydrogen-bond donors (Lipinski definition) is 0. The van der Waals surface area contributed by atoms with Crippen LogP contribution in [0.15, 0.2) is 18.2 Å². The van der Waals surface area contributed by atoms with Gasteiger partial charge in [0.15, 0.2) is 0 Å². The fourth-order valence-electron chi connectivity index (χ4n) is 3.11. The Morgan fingerprint density at radius 1 is 1.25 bits per heavy atom. The minimum absolute atomic E-state index is 0.141. The van der Waals surface area contributed by atoms with Gasteiger partial charge < -0.3 is 0 Å². The van der Waals surface area contributed by atoms with Gasteiger partial charge in [-0.2, -0.15) is 5.26 Å². The molecule has 0 N–H and O–H groups in total. The first-order valence-corrected chi connectivity index (χ1v) is 7.79. The summed E-state index contributed by atoms with van der Waals surface area (Å²) in [5.41, 5.74) is 1.14. The topological polar surface area (TPSA) is 23.8 Å². The molecule has 2 heteroatoms. The Morgan fingerprint density at radius 2 is 2.00 bits per heavy atom. The summed E-state index contributed by atoms with van der Waals surface area (Å²) in [6.07, 6.45) is 9.97. The smallest absolute Gasteiger partial charge is 0.141 e. The molecule has 1 aliphatic rings. The summed E-state index contributed by atoms with van der Waals surface area (Å²) >= 11 is 0. The van der Waals surface area contributed by atoms with Gasteiger partial charge in [-0.1, -0.05) is 38.7 Å². The largest absolute Gasteiger partial charge is 0.206 e. The summed E-state index contributed by atoms with van der Waals surface area (Å²) in [6.45, 7) is 2.24. The normalized spacial score (nSPS) is 17.1. The predicted octanol–water partition coefficient (Wildman–Crippen LogP) is 5.39. The number of benzene rings is 1. The Balaban J connectivity index is 1.87. The molecule has 0 atom stereocenters. The van der Waals surface area contributed by atoms with Gasteiger partial charge in [0.25, 0.3) is 0 Å². The standard InChI is InChI=1S/C18H23FN/c1-2-3-4-5-14-6-8-15(9-7-14)16-10-11-17(13-20)18(19)12-16/h10-12,14H,2-9H2,1H3. The highest BCUT2D eigenvalue weighted by atomic mass is 19.1. The van der Waals surface area contributed by atoms with E-state index < -0.39 is 0 Å². The van der Waals surface area contributed by atoms with Crippen molar-refractivity contribution in [3.63, 3.8) is 0 Å². The third-order valence-corrected chi connectivity index (χ3v) is 4.42. The van der Waals surface area contributed by atoms with Crippen LogP contribution in [0.1, 0.15) is 69.4 Å². The van der Waals surface area contributed by atoms with Crippen LogP contribution in [0.3, 0.4) is 0 Å². The molecule has 0 bridgehead atoms. The fourth-order valence-corrected chi connectivity index (χ4v) is 3.11. The number of nitrogens with zero attached hydrogens (tertiary/aromatic N) is 1. The maximum atomic E-state index is 13.7. The molecule has 0 saturated heterocycles. The number of hydrogen-bond acceptors (Lipinski definition) is 1. The highest BCUT2D eigenvalue weighted by molar-refractivity contribution is 5.39. The van der Waals surface area contributed by atoms with E-state index in [1.807, 2.05) is 12.1 Å². The monoisotopic (exact) mass is 272 g/mol. The third-order valence-electron chi connectivity index (χ3n) is 4.42. The van der Waals surface area contributed by atoms with Crippen LogP contribution < -0.4 is 0 Å². The van der Waals surface area contributed by atoms with Crippen LogP contribution in [0.25, 0.3) is 0 Å². The second-order valence-electron chi connectivity index (χ2n) is 5.85. The molecule has 1 fully saturated rings.